The second-order valence-corrected chi connectivity index (χ2v) is 6.12. The van der Waals surface area contributed by atoms with Gasteiger partial charge in [0.1, 0.15) is 5.82 Å². The number of likely N-dealkylation sites (N-methyl/N-ethyl adjacent to an activating group) is 1. The lowest BCUT2D eigenvalue weighted by atomic mass is 9.99. The summed E-state index contributed by atoms with van der Waals surface area (Å²) in [6.07, 6.45) is 2.58. The number of nitrogens with one attached hydrogen (secondary N) is 1. The van der Waals surface area contributed by atoms with Crippen molar-refractivity contribution >= 4 is 15.9 Å². The first kappa shape index (κ1) is 16.1. The van der Waals surface area contributed by atoms with Crippen LogP contribution in [0.3, 0.4) is 0 Å². The minimum atomic E-state index is -0.211. The van der Waals surface area contributed by atoms with Crippen LogP contribution in [0.2, 0.25) is 0 Å². The van der Waals surface area contributed by atoms with Gasteiger partial charge in [-0.3, -0.25) is 4.98 Å². The summed E-state index contributed by atoms with van der Waals surface area (Å²) in [6.45, 7) is 7.01. The predicted molar refractivity (Wildman–Crippen MR) is 87.9 cm³/mol. The molecule has 0 saturated carbocycles. The largest absolute Gasteiger partial charge is 0.309 e. The van der Waals surface area contributed by atoms with E-state index in [1.54, 1.807) is 12.1 Å². The van der Waals surface area contributed by atoms with Crippen molar-refractivity contribution in [1.82, 2.24) is 10.3 Å². The predicted octanol–water partition coefficient (Wildman–Crippen LogP) is 4.49. The van der Waals surface area contributed by atoms with Crippen LogP contribution in [0.5, 0.6) is 0 Å². The fourth-order valence-electron chi connectivity index (χ4n) is 2.52. The molecule has 1 aromatic carbocycles. The Morgan fingerprint density at radius 2 is 2.05 bits per heavy atom. The maximum atomic E-state index is 13.5. The molecule has 0 saturated heterocycles. The Morgan fingerprint density at radius 3 is 2.71 bits per heavy atom. The second kappa shape index (κ2) is 7.14. The molecule has 1 atom stereocenters. The zero-order valence-corrected chi connectivity index (χ0v) is 14.2. The highest BCUT2D eigenvalue weighted by Gasteiger charge is 2.17. The second-order valence-electron chi connectivity index (χ2n) is 5.26. The molecule has 2 nitrogen and oxygen atoms in total. The lowest BCUT2D eigenvalue weighted by Gasteiger charge is -2.20. The molecular formula is C17H20BrFN2. The van der Waals surface area contributed by atoms with Gasteiger partial charge in [-0.25, -0.2) is 4.39 Å². The van der Waals surface area contributed by atoms with Crippen molar-refractivity contribution in [3.63, 3.8) is 0 Å². The third-order valence-corrected chi connectivity index (χ3v) is 4.24. The first-order valence-electron chi connectivity index (χ1n) is 7.11. The molecule has 2 rings (SSSR count). The van der Waals surface area contributed by atoms with Crippen LogP contribution >= 0.6 is 15.9 Å². The van der Waals surface area contributed by atoms with Crippen LogP contribution in [-0.4, -0.2) is 11.5 Å². The zero-order chi connectivity index (χ0) is 15.4. The van der Waals surface area contributed by atoms with Crippen LogP contribution in [0.1, 0.15) is 35.3 Å². The van der Waals surface area contributed by atoms with Crippen LogP contribution in [0.4, 0.5) is 4.39 Å². The molecule has 0 radical (unpaired) electrons. The number of nitrogens with zero attached hydrogens (tertiary/aromatic N) is 1. The van der Waals surface area contributed by atoms with Gasteiger partial charge in [-0.2, -0.15) is 0 Å². The van der Waals surface area contributed by atoms with Crippen molar-refractivity contribution < 1.29 is 4.39 Å². The number of hydrogen-bond donors (Lipinski definition) is 1. The van der Waals surface area contributed by atoms with E-state index in [4.69, 9.17) is 0 Å². The van der Waals surface area contributed by atoms with Gasteiger partial charge in [0.25, 0.3) is 0 Å². The molecule has 1 aromatic heterocycles. The lowest BCUT2D eigenvalue weighted by Crippen LogP contribution is -2.25. The van der Waals surface area contributed by atoms with Crippen LogP contribution in [0, 0.1) is 19.7 Å². The first-order valence-corrected chi connectivity index (χ1v) is 7.91. The Kier molecular flexibility index (Phi) is 5.48. The number of hydrogen-bond acceptors (Lipinski definition) is 2. The van der Waals surface area contributed by atoms with Gasteiger partial charge in [0.2, 0.25) is 0 Å². The van der Waals surface area contributed by atoms with Crippen molar-refractivity contribution in [2.45, 2.75) is 33.2 Å². The molecule has 0 spiro atoms. The molecule has 1 heterocycles. The molecule has 0 aliphatic rings. The van der Waals surface area contributed by atoms with Gasteiger partial charge in [-0.05, 0) is 61.7 Å². The third-order valence-electron chi connectivity index (χ3n) is 3.47. The molecule has 0 fully saturated rings. The van der Waals surface area contributed by atoms with Crippen LogP contribution in [-0.2, 0) is 6.42 Å². The molecule has 21 heavy (non-hydrogen) atoms. The van der Waals surface area contributed by atoms with Gasteiger partial charge in [0.05, 0.1) is 11.7 Å². The third kappa shape index (κ3) is 4.11. The topological polar surface area (TPSA) is 24.9 Å². The van der Waals surface area contributed by atoms with Gasteiger partial charge in [-0.1, -0.05) is 28.9 Å². The fourth-order valence-corrected chi connectivity index (χ4v) is 2.93. The minimum Gasteiger partial charge on any atom is -0.309 e. The normalized spacial score (nSPS) is 12.4. The summed E-state index contributed by atoms with van der Waals surface area (Å²) in [5, 5.41) is 3.45. The van der Waals surface area contributed by atoms with Gasteiger partial charge in [-0.15, -0.1) is 0 Å². The number of halogens is 2. The first-order chi connectivity index (χ1) is 10.0. The van der Waals surface area contributed by atoms with Gasteiger partial charge in [0, 0.05) is 10.7 Å². The Hall–Kier alpha value is -1.26. The fraction of sp³-hybridized carbons (Fsp3) is 0.353. The van der Waals surface area contributed by atoms with E-state index in [2.05, 4.69) is 46.1 Å². The summed E-state index contributed by atoms with van der Waals surface area (Å²) in [5.41, 5.74) is 4.29. The van der Waals surface area contributed by atoms with E-state index in [0.29, 0.717) is 6.42 Å². The molecule has 0 amide bonds. The molecule has 0 aliphatic heterocycles. The summed E-state index contributed by atoms with van der Waals surface area (Å²) in [5.74, 6) is -0.211. The number of aromatic nitrogens is 1. The maximum absolute atomic E-state index is 13.5. The van der Waals surface area contributed by atoms with Crippen LogP contribution < -0.4 is 5.32 Å². The van der Waals surface area contributed by atoms with E-state index >= 15 is 0 Å². The van der Waals surface area contributed by atoms with E-state index in [-0.39, 0.29) is 11.9 Å². The van der Waals surface area contributed by atoms with Crippen molar-refractivity contribution in [3.8, 4) is 0 Å². The molecular weight excluding hydrogens is 331 g/mol. The number of rotatable bonds is 5. The van der Waals surface area contributed by atoms with E-state index in [1.165, 1.54) is 6.07 Å². The quantitative estimate of drug-likeness (QED) is 0.858. The Morgan fingerprint density at radius 1 is 1.29 bits per heavy atom. The summed E-state index contributed by atoms with van der Waals surface area (Å²) < 4.78 is 14.4. The summed E-state index contributed by atoms with van der Waals surface area (Å²) in [6, 6.07) is 7.01. The molecule has 4 heteroatoms. The van der Waals surface area contributed by atoms with E-state index < -0.39 is 0 Å². The summed E-state index contributed by atoms with van der Waals surface area (Å²) in [7, 11) is 0. The number of pyridine rings is 1. The molecule has 0 aliphatic carbocycles. The highest BCUT2D eigenvalue weighted by Crippen LogP contribution is 2.25. The van der Waals surface area contributed by atoms with E-state index in [9.17, 15) is 4.39 Å². The Balaban J connectivity index is 2.32. The van der Waals surface area contributed by atoms with Gasteiger partial charge in [0.15, 0.2) is 0 Å². The van der Waals surface area contributed by atoms with Crippen molar-refractivity contribution in [2.75, 3.05) is 6.54 Å². The summed E-state index contributed by atoms with van der Waals surface area (Å²) in [4.78, 5) is 4.57. The van der Waals surface area contributed by atoms with Crippen LogP contribution in [0.25, 0.3) is 0 Å². The average Bonchev–Trinajstić information content (AvgIpc) is 2.42. The maximum Gasteiger partial charge on any atom is 0.123 e. The SMILES string of the molecule is CCNC(Cc1cc(F)ccc1Br)c1ncc(C)cc1C. The molecule has 1 N–H and O–H groups in total. The number of benzene rings is 1. The highest BCUT2D eigenvalue weighted by molar-refractivity contribution is 9.10. The van der Waals surface area contributed by atoms with Crippen molar-refractivity contribution in [3.05, 3.63) is 63.1 Å². The highest BCUT2D eigenvalue weighted by atomic mass is 79.9. The monoisotopic (exact) mass is 350 g/mol. The lowest BCUT2D eigenvalue weighted by molar-refractivity contribution is 0.530. The van der Waals surface area contributed by atoms with E-state index in [0.717, 1.165) is 33.4 Å². The van der Waals surface area contributed by atoms with Gasteiger partial charge < -0.3 is 5.32 Å². The molecule has 1 unspecified atom stereocenters. The van der Waals surface area contributed by atoms with Crippen LogP contribution in [0.15, 0.2) is 34.9 Å². The standard InChI is InChI=1S/C17H20BrFN2/c1-4-20-16(17-12(3)7-11(2)10-21-17)9-13-8-14(19)5-6-15(13)18/h5-8,10,16,20H,4,9H2,1-3H3. The van der Waals surface area contributed by atoms with Crippen molar-refractivity contribution in [2.24, 2.45) is 0 Å². The Labute approximate surface area is 133 Å². The molecule has 2 aromatic rings. The smallest absolute Gasteiger partial charge is 0.123 e. The minimum absolute atomic E-state index is 0.0775. The Bertz CT molecular complexity index is 628. The molecule has 0 bridgehead atoms. The van der Waals surface area contributed by atoms with Gasteiger partial charge >= 0.3 is 0 Å². The molecule has 112 valence electrons. The zero-order valence-electron chi connectivity index (χ0n) is 12.6. The summed E-state index contributed by atoms with van der Waals surface area (Å²) >= 11 is 3.50. The van der Waals surface area contributed by atoms with E-state index in [1.807, 2.05) is 13.1 Å². The average molecular weight is 351 g/mol. The van der Waals surface area contributed by atoms with Crippen molar-refractivity contribution in [1.29, 1.82) is 0 Å². The number of aryl methyl sites for hydroxylation is 2.